The van der Waals surface area contributed by atoms with Crippen LogP contribution >= 0.6 is 0 Å². The molecule has 1 fully saturated rings. The standard InChI is InChI=1S/C20H29N3O5/c1-14(22-7-9-23(10-8-22)19(25)28-20(2,3)4)18(24)21-15-5-6-16-17(13-15)27-12-11-26-16/h5-6,13-14H,7-12H2,1-4H3,(H,21,24). The summed E-state index contributed by atoms with van der Waals surface area (Å²) in [5.74, 6) is 1.24. The summed E-state index contributed by atoms with van der Waals surface area (Å²) in [6.45, 7) is 10.8. The van der Waals surface area contributed by atoms with Gasteiger partial charge in [-0.15, -0.1) is 0 Å². The number of benzene rings is 1. The number of carbonyl (C=O) groups excluding carboxylic acids is 2. The molecule has 1 saturated heterocycles. The Morgan fingerprint density at radius 3 is 2.36 bits per heavy atom. The van der Waals surface area contributed by atoms with Gasteiger partial charge in [0.2, 0.25) is 5.91 Å². The maximum absolute atomic E-state index is 12.7. The quantitative estimate of drug-likeness (QED) is 0.852. The minimum absolute atomic E-state index is 0.0950. The lowest BCUT2D eigenvalue weighted by molar-refractivity contribution is -0.121. The van der Waals surface area contributed by atoms with Crippen LogP contribution in [0.15, 0.2) is 18.2 Å². The van der Waals surface area contributed by atoms with Crippen LogP contribution in [0.2, 0.25) is 0 Å². The topological polar surface area (TPSA) is 80.3 Å². The number of nitrogens with zero attached hydrogens (tertiary/aromatic N) is 2. The van der Waals surface area contributed by atoms with E-state index in [4.69, 9.17) is 14.2 Å². The Labute approximate surface area is 165 Å². The SMILES string of the molecule is CC(C(=O)Nc1ccc2c(c1)OCCO2)N1CCN(C(=O)OC(C)(C)C)CC1. The Morgan fingerprint density at radius 1 is 1.07 bits per heavy atom. The molecule has 0 saturated carbocycles. The first-order valence-corrected chi connectivity index (χ1v) is 9.65. The van der Waals surface area contributed by atoms with Crippen LogP contribution in [0.25, 0.3) is 0 Å². The summed E-state index contributed by atoms with van der Waals surface area (Å²) in [5, 5.41) is 2.93. The summed E-state index contributed by atoms with van der Waals surface area (Å²) in [6, 6.07) is 5.07. The van der Waals surface area contributed by atoms with Crippen LogP contribution in [0.3, 0.4) is 0 Å². The Hall–Kier alpha value is -2.48. The Balaban J connectivity index is 1.51. The number of hydrogen-bond acceptors (Lipinski definition) is 6. The van der Waals surface area contributed by atoms with E-state index >= 15 is 0 Å². The van der Waals surface area contributed by atoms with E-state index < -0.39 is 5.60 Å². The fourth-order valence-corrected chi connectivity index (χ4v) is 3.15. The van der Waals surface area contributed by atoms with Crippen molar-refractivity contribution in [2.24, 2.45) is 0 Å². The molecule has 0 aromatic heterocycles. The highest BCUT2D eigenvalue weighted by molar-refractivity contribution is 5.94. The Bertz CT molecular complexity index is 723. The molecule has 0 aliphatic carbocycles. The molecule has 0 bridgehead atoms. The zero-order chi connectivity index (χ0) is 20.3. The minimum Gasteiger partial charge on any atom is -0.486 e. The summed E-state index contributed by atoms with van der Waals surface area (Å²) in [6.07, 6.45) is -0.305. The highest BCUT2D eigenvalue weighted by Gasteiger charge is 2.30. The van der Waals surface area contributed by atoms with Crippen LogP contribution < -0.4 is 14.8 Å². The summed E-state index contributed by atoms with van der Waals surface area (Å²) in [5.41, 5.74) is 0.166. The highest BCUT2D eigenvalue weighted by Crippen LogP contribution is 2.32. The molecule has 2 aliphatic heterocycles. The van der Waals surface area contributed by atoms with Crippen molar-refractivity contribution >= 4 is 17.7 Å². The molecule has 1 N–H and O–H groups in total. The minimum atomic E-state index is -0.509. The first-order chi connectivity index (χ1) is 13.2. The van der Waals surface area contributed by atoms with Gasteiger partial charge in [0, 0.05) is 37.9 Å². The lowest BCUT2D eigenvalue weighted by Crippen LogP contribution is -2.54. The Kier molecular flexibility index (Phi) is 5.98. The van der Waals surface area contributed by atoms with Crippen LogP contribution in [0.1, 0.15) is 27.7 Å². The first kappa shape index (κ1) is 20.3. The van der Waals surface area contributed by atoms with Crippen LogP contribution in [0.5, 0.6) is 11.5 Å². The predicted molar refractivity (Wildman–Crippen MR) is 105 cm³/mol. The lowest BCUT2D eigenvalue weighted by atomic mass is 10.2. The van der Waals surface area contributed by atoms with Crippen LogP contribution in [-0.4, -0.2) is 72.8 Å². The van der Waals surface area contributed by atoms with Crippen molar-refractivity contribution in [1.82, 2.24) is 9.80 Å². The van der Waals surface area contributed by atoms with Gasteiger partial charge in [-0.3, -0.25) is 9.69 Å². The highest BCUT2D eigenvalue weighted by atomic mass is 16.6. The van der Waals surface area contributed by atoms with E-state index in [0.717, 1.165) is 0 Å². The molecule has 8 heteroatoms. The van der Waals surface area contributed by atoms with Crippen LogP contribution in [-0.2, 0) is 9.53 Å². The average Bonchev–Trinajstić information content (AvgIpc) is 2.66. The van der Waals surface area contributed by atoms with Gasteiger partial charge in [0.05, 0.1) is 6.04 Å². The van der Waals surface area contributed by atoms with Crippen molar-refractivity contribution < 1.29 is 23.8 Å². The third-order valence-corrected chi connectivity index (χ3v) is 4.70. The van der Waals surface area contributed by atoms with E-state index in [1.54, 1.807) is 23.1 Å². The van der Waals surface area contributed by atoms with E-state index in [9.17, 15) is 9.59 Å². The molecule has 1 atom stereocenters. The second-order valence-corrected chi connectivity index (χ2v) is 8.03. The molecule has 2 heterocycles. The van der Waals surface area contributed by atoms with Gasteiger partial charge < -0.3 is 24.4 Å². The molecular weight excluding hydrogens is 362 g/mol. The molecule has 2 aliphatic rings. The van der Waals surface area contributed by atoms with Gasteiger partial charge in [0.15, 0.2) is 11.5 Å². The second-order valence-electron chi connectivity index (χ2n) is 8.03. The third kappa shape index (κ3) is 5.07. The monoisotopic (exact) mass is 391 g/mol. The van der Waals surface area contributed by atoms with E-state index in [2.05, 4.69) is 10.2 Å². The fourth-order valence-electron chi connectivity index (χ4n) is 3.15. The van der Waals surface area contributed by atoms with Crippen molar-refractivity contribution in [1.29, 1.82) is 0 Å². The molecular formula is C20H29N3O5. The average molecular weight is 391 g/mol. The van der Waals surface area contributed by atoms with Crippen molar-refractivity contribution in [3.63, 3.8) is 0 Å². The van der Waals surface area contributed by atoms with E-state index in [-0.39, 0.29) is 18.0 Å². The maximum atomic E-state index is 12.7. The number of nitrogens with one attached hydrogen (secondary N) is 1. The van der Waals surface area contributed by atoms with Crippen molar-refractivity contribution in [3.8, 4) is 11.5 Å². The second kappa shape index (κ2) is 8.26. The first-order valence-electron chi connectivity index (χ1n) is 9.65. The van der Waals surface area contributed by atoms with Crippen molar-refractivity contribution in [2.45, 2.75) is 39.3 Å². The molecule has 28 heavy (non-hydrogen) atoms. The number of piperazine rings is 1. The lowest BCUT2D eigenvalue weighted by Gasteiger charge is -2.37. The molecule has 1 unspecified atom stereocenters. The number of hydrogen-bond donors (Lipinski definition) is 1. The number of fused-ring (bicyclic) bond motifs is 1. The van der Waals surface area contributed by atoms with E-state index in [1.165, 1.54) is 0 Å². The van der Waals surface area contributed by atoms with Crippen molar-refractivity contribution in [2.75, 3.05) is 44.7 Å². The molecule has 0 spiro atoms. The summed E-state index contributed by atoms with van der Waals surface area (Å²) in [7, 11) is 0. The number of anilines is 1. The maximum Gasteiger partial charge on any atom is 0.410 e. The zero-order valence-corrected chi connectivity index (χ0v) is 17.0. The summed E-state index contributed by atoms with van der Waals surface area (Å²) in [4.78, 5) is 28.6. The number of ether oxygens (including phenoxy) is 3. The van der Waals surface area contributed by atoms with Gasteiger partial charge in [-0.05, 0) is 39.8 Å². The third-order valence-electron chi connectivity index (χ3n) is 4.70. The van der Waals surface area contributed by atoms with Crippen LogP contribution in [0.4, 0.5) is 10.5 Å². The molecule has 1 aromatic carbocycles. The van der Waals surface area contributed by atoms with E-state index in [1.807, 2.05) is 27.7 Å². The molecule has 1 aromatic rings. The number of carbonyl (C=O) groups is 2. The number of amides is 2. The summed E-state index contributed by atoms with van der Waals surface area (Å²) >= 11 is 0. The molecule has 3 rings (SSSR count). The smallest absolute Gasteiger partial charge is 0.410 e. The van der Waals surface area contributed by atoms with Crippen LogP contribution in [0, 0.1) is 0 Å². The Morgan fingerprint density at radius 2 is 1.71 bits per heavy atom. The van der Waals surface area contributed by atoms with Gasteiger partial charge in [-0.2, -0.15) is 0 Å². The normalized spacial score (nSPS) is 18.4. The van der Waals surface area contributed by atoms with Gasteiger partial charge in [-0.1, -0.05) is 0 Å². The molecule has 154 valence electrons. The van der Waals surface area contributed by atoms with E-state index in [0.29, 0.717) is 56.6 Å². The van der Waals surface area contributed by atoms with Gasteiger partial charge in [0.1, 0.15) is 18.8 Å². The van der Waals surface area contributed by atoms with Gasteiger partial charge in [0.25, 0.3) is 0 Å². The van der Waals surface area contributed by atoms with Gasteiger partial charge >= 0.3 is 6.09 Å². The largest absolute Gasteiger partial charge is 0.486 e. The molecule has 0 radical (unpaired) electrons. The molecule has 2 amide bonds. The predicted octanol–water partition coefficient (Wildman–Crippen LogP) is 2.34. The van der Waals surface area contributed by atoms with Crippen molar-refractivity contribution in [3.05, 3.63) is 18.2 Å². The zero-order valence-electron chi connectivity index (χ0n) is 17.0. The molecule has 8 nitrogen and oxygen atoms in total. The van der Waals surface area contributed by atoms with Gasteiger partial charge in [-0.25, -0.2) is 4.79 Å². The summed E-state index contributed by atoms with van der Waals surface area (Å²) < 4.78 is 16.5. The number of rotatable bonds is 3. The fraction of sp³-hybridized carbons (Fsp3) is 0.600.